The van der Waals surface area contributed by atoms with Crippen molar-refractivity contribution in [1.82, 2.24) is 9.55 Å². The number of aryl methyl sites for hydroxylation is 1. The minimum atomic E-state index is -4.71. The number of nitrogens with one attached hydrogen (secondary N) is 1. The van der Waals surface area contributed by atoms with Crippen molar-refractivity contribution in [2.45, 2.75) is 12.2 Å². The lowest BCUT2D eigenvalue weighted by molar-refractivity contribution is -0.384. The number of hydrogen-bond donors (Lipinski definition) is 1. The number of ether oxygens (including phenoxy) is 2. The van der Waals surface area contributed by atoms with Crippen LogP contribution in [0, 0.1) is 10.1 Å². The Balaban J connectivity index is 2.14. The largest absolute Gasteiger partial charge is 0.497 e. The first-order chi connectivity index (χ1) is 14.6. The van der Waals surface area contributed by atoms with Gasteiger partial charge >= 0.3 is 6.18 Å². The number of hydrogen-bond acceptors (Lipinski definition) is 6. The molecule has 0 spiro atoms. The predicted molar refractivity (Wildman–Crippen MR) is 106 cm³/mol. The minimum Gasteiger partial charge on any atom is -0.497 e. The molecule has 0 unspecified atom stereocenters. The molecule has 8 nitrogen and oxygen atoms in total. The van der Waals surface area contributed by atoms with Crippen LogP contribution in [0.5, 0.6) is 11.5 Å². The third kappa shape index (κ3) is 4.71. The molecule has 0 saturated carbocycles. The van der Waals surface area contributed by atoms with Gasteiger partial charge in [-0.25, -0.2) is 4.98 Å². The average Bonchev–Trinajstić information content (AvgIpc) is 3.16. The molecule has 2 aromatic carbocycles. The highest BCUT2D eigenvalue weighted by atomic mass is 19.4. The van der Waals surface area contributed by atoms with E-state index in [9.17, 15) is 23.3 Å². The van der Waals surface area contributed by atoms with E-state index in [4.69, 9.17) is 9.47 Å². The number of halogens is 3. The van der Waals surface area contributed by atoms with E-state index in [0.29, 0.717) is 29.0 Å². The second-order valence-corrected chi connectivity index (χ2v) is 6.61. The van der Waals surface area contributed by atoms with Gasteiger partial charge in [0.2, 0.25) is 0 Å². The third-order valence-corrected chi connectivity index (χ3v) is 4.65. The van der Waals surface area contributed by atoms with Crippen molar-refractivity contribution in [2.75, 3.05) is 19.5 Å². The van der Waals surface area contributed by atoms with Gasteiger partial charge in [0.1, 0.15) is 29.1 Å². The Morgan fingerprint density at radius 1 is 1.13 bits per heavy atom. The van der Waals surface area contributed by atoms with Crippen LogP contribution in [-0.4, -0.2) is 28.7 Å². The third-order valence-electron chi connectivity index (χ3n) is 4.65. The summed E-state index contributed by atoms with van der Waals surface area (Å²) >= 11 is 0. The van der Waals surface area contributed by atoms with Crippen LogP contribution in [0.3, 0.4) is 0 Å². The fourth-order valence-corrected chi connectivity index (χ4v) is 3.08. The zero-order valence-corrected chi connectivity index (χ0v) is 16.8. The van der Waals surface area contributed by atoms with Crippen molar-refractivity contribution in [3.63, 3.8) is 0 Å². The van der Waals surface area contributed by atoms with E-state index >= 15 is 0 Å². The maximum Gasteiger partial charge on any atom is 0.416 e. The van der Waals surface area contributed by atoms with Crippen molar-refractivity contribution < 1.29 is 27.6 Å². The molecular weight excluding hydrogens is 417 g/mol. The topological polar surface area (TPSA) is 91.4 Å². The molecule has 164 valence electrons. The second kappa shape index (κ2) is 8.54. The molecule has 0 saturated heterocycles. The summed E-state index contributed by atoms with van der Waals surface area (Å²) in [7, 11) is 4.68. The summed E-state index contributed by atoms with van der Waals surface area (Å²) in [5.74, 6) is 1.42. The number of aromatic nitrogens is 2. The molecule has 1 atom stereocenters. The number of anilines is 1. The Labute approximate surface area is 175 Å². The van der Waals surface area contributed by atoms with Crippen LogP contribution in [0.1, 0.15) is 23.0 Å². The van der Waals surface area contributed by atoms with Gasteiger partial charge in [-0.3, -0.25) is 10.1 Å². The van der Waals surface area contributed by atoms with E-state index in [1.54, 1.807) is 42.2 Å². The molecule has 0 radical (unpaired) electrons. The number of imidazole rings is 1. The molecule has 3 aromatic rings. The summed E-state index contributed by atoms with van der Waals surface area (Å²) in [5, 5.41) is 14.5. The van der Waals surface area contributed by atoms with Crippen LogP contribution >= 0.6 is 0 Å². The maximum absolute atomic E-state index is 13.0. The van der Waals surface area contributed by atoms with Crippen molar-refractivity contribution >= 4 is 11.4 Å². The molecular formula is C20H19F3N4O4. The Hall–Kier alpha value is -3.76. The van der Waals surface area contributed by atoms with Gasteiger partial charge in [0.05, 0.1) is 24.7 Å². The van der Waals surface area contributed by atoms with Gasteiger partial charge in [-0.2, -0.15) is 13.2 Å². The highest BCUT2D eigenvalue weighted by Gasteiger charge is 2.33. The SMILES string of the molecule is COc1cc(OC)cc([C@H](Nc2ccc(C(F)(F)F)cc2[N+](=O)[O-])c2nccn2C)c1. The normalized spacial score (nSPS) is 12.3. The van der Waals surface area contributed by atoms with E-state index in [1.807, 2.05) is 0 Å². The van der Waals surface area contributed by atoms with Gasteiger partial charge in [0.25, 0.3) is 5.69 Å². The molecule has 11 heteroatoms. The van der Waals surface area contributed by atoms with Gasteiger partial charge in [0.15, 0.2) is 0 Å². The summed E-state index contributed by atoms with van der Waals surface area (Å²) in [6, 6.07) is 6.60. The highest BCUT2D eigenvalue weighted by Crippen LogP contribution is 2.38. The average molecular weight is 436 g/mol. The molecule has 0 fully saturated rings. The van der Waals surface area contributed by atoms with Crippen LogP contribution in [-0.2, 0) is 13.2 Å². The first kappa shape index (κ1) is 21.9. The summed E-state index contributed by atoms with van der Waals surface area (Å²) in [5.41, 5.74) is -1.32. The molecule has 31 heavy (non-hydrogen) atoms. The van der Waals surface area contributed by atoms with Gasteiger partial charge < -0.3 is 19.4 Å². The zero-order chi connectivity index (χ0) is 22.8. The first-order valence-electron chi connectivity index (χ1n) is 8.96. The smallest absolute Gasteiger partial charge is 0.416 e. The quantitative estimate of drug-likeness (QED) is 0.431. The zero-order valence-electron chi connectivity index (χ0n) is 16.8. The number of nitro groups is 1. The van der Waals surface area contributed by atoms with Gasteiger partial charge in [0, 0.05) is 31.6 Å². The maximum atomic E-state index is 13.0. The van der Waals surface area contributed by atoms with Crippen molar-refractivity contribution in [2.24, 2.45) is 7.05 Å². The summed E-state index contributed by atoms with van der Waals surface area (Å²) in [6.07, 6.45) is -1.48. The van der Waals surface area contributed by atoms with Crippen LogP contribution in [0.4, 0.5) is 24.5 Å². The van der Waals surface area contributed by atoms with E-state index in [1.165, 1.54) is 14.2 Å². The van der Waals surface area contributed by atoms with E-state index in [-0.39, 0.29) is 5.69 Å². The highest BCUT2D eigenvalue weighted by molar-refractivity contribution is 5.64. The molecule has 1 N–H and O–H groups in total. The molecule has 0 aliphatic heterocycles. The molecule has 3 rings (SSSR count). The van der Waals surface area contributed by atoms with Crippen LogP contribution in [0.15, 0.2) is 48.8 Å². The number of nitrogens with zero attached hydrogens (tertiary/aromatic N) is 3. The summed E-state index contributed by atoms with van der Waals surface area (Å²) in [4.78, 5) is 14.9. The van der Waals surface area contributed by atoms with E-state index in [0.717, 1.165) is 12.1 Å². The van der Waals surface area contributed by atoms with E-state index in [2.05, 4.69) is 10.3 Å². The van der Waals surface area contributed by atoms with Crippen molar-refractivity contribution in [1.29, 1.82) is 0 Å². The first-order valence-corrected chi connectivity index (χ1v) is 8.96. The Bertz CT molecular complexity index is 1080. The summed E-state index contributed by atoms with van der Waals surface area (Å²) < 4.78 is 51.4. The molecule has 1 heterocycles. The number of rotatable bonds is 7. The van der Waals surface area contributed by atoms with E-state index < -0.39 is 28.4 Å². The minimum absolute atomic E-state index is 0.0900. The van der Waals surface area contributed by atoms with Crippen LogP contribution in [0.25, 0.3) is 0 Å². The van der Waals surface area contributed by atoms with Gasteiger partial charge in [-0.05, 0) is 29.8 Å². The number of alkyl halides is 3. The van der Waals surface area contributed by atoms with Crippen LogP contribution in [0.2, 0.25) is 0 Å². The fraction of sp³-hybridized carbons (Fsp3) is 0.250. The van der Waals surface area contributed by atoms with Crippen molar-refractivity contribution in [3.8, 4) is 11.5 Å². The molecule has 0 aliphatic carbocycles. The Morgan fingerprint density at radius 2 is 1.77 bits per heavy atom. The Morgan fingerprint density at radius 3 is 2.26 bits per heavy atom. The number of methoxy groups -OCH3 is 2. The lowest BCUT2D eigenvalue weighted by atomic mass is 10.0. The predicted octanol–water partition coefficient (Wildman–Crippen LogP) is 4.57. The monoisotopic (exact) mass is 436 g/mol. The lowest BCUT2D eigenvalue weighted by Gasteiger charge is -2.22. The van der Waals surface area contributed by atoms with Gasteiger partial charge in [-0.15, -0.1) is 0 Å². The van der Waals surface area contributed by atoms with Crippen LogP contribution < -0.4 is 14.8 Å². The molecule has 0 bridgehead atoms. The molecule has 0 aliphatic rings. The standard InChI is InChI=1S/C20H19F3N4O4/c1-26-7-6-24-19(26)18(12-8-14(30-2)11-15(9-12)31-3)25-16-5-4-13(20(21,22)23)10-17(16)27(28)29/h4-11,18,25H,1-3H3/t18-/m0/s1. The molecule has 0 amide bonds. The lowest BCUT2D eigenvalue weighted by Crippen LogP contribution is -2.18. The second-order valence-electron chi connectivity index (χ2n) is 6.61. The van der Waals surface area contributed by atoms with Crippen molar-refractivity contribution in [3.05, 3.63) is 75.9 Å². The van der Waals surface area contributed by atoms with Gasteiger partial charge in [-0.1, -0.05) is 0 Å². The number of benzene rings is 2. The summed E-state index contributed by atoms with van der Waals surface area (Å²) in [6.45, 7) is 0. The Kier molecular flexibility index (Phi) is 6.04. The molecule has 1 aromatic heterocycles. The number of nitro benzene ring substituents is 1. The fourth-order valence-electron chi connectivity index (χ4n) is 3.08.